The molecule has 0 aromatic heterocycles. The molecular weight excluding hydrogens is 298 g/mol. The topological polar surface area (TPSA) is 93.1 Å². The van der Waals surface area contributed by atoms with Crippen LogP contribution in [0.4, 0.5) is 0 Å². The van der Waals surface area contributed by atoms with E-state index in [1.165, 1.54) is 19.2 Å². The van der Waals surface area contributed by atoms with Crippen LogP contribution >= 0.6 is 0 Å². The van der Waals surface area contributed by atoms with Gasteiger partial charge in [0.15, 0.2) is 11.5 Å². The number of fused-ring (bicyclic) bond motifs is 1. The molecule has 21 heavy (non-hydrogen) atoms. The van der Waals surface area contributed by atoms with E-state index in [1.54, 1.807) is 6.07 Å². The van der Waals surface area contributed by atoms with Crippen molar-refractivity contribution in [3.8, 4) is 11.5 Å². The molecule has 0 fully saturated rings. The Kier molecular flexibility index (Phi) is 4.69. The van der Waals surface area contributed by atoms with Crippen LogP contribution in [-0.2, 0) is 14.8 Å². The second-order valence-corrected chi connectivity index (χ2v) is 6.67. The molecule has 0 amide bonds. The molecule has 8 heteroatoms. The van der Waals surface area contributed by atoms with Gasteiger partial charge in [-0.2, -0.15) is 0 Å². The average Bonchev–Trinajstić information content (AvgIpc) is 2.68. The lowest BCUT2D eigenvalue weighted by Gasteiger charge is -2.17. The summed E-state index contributed by atoms with van der Waals surface area (Å²) >= 11 is 0. The quantitative estimate of drug-likeness (QED) is 0.869. The van der Waals surface area contributed by atoms with Gasteiger partial charge in [-0.25, -0.2) is 12.7 Å². The molecule has 116 valence electrons. The summed E-state index contributed by atoms with van der Waals surface area (Å²) in [4.78, 5) is 10.6. The van der Waals surface area contributed by atoms with Crippen LogP contribution in [0.1, 0.15) is 12.8 Å². The predicted octanol–water partition coefficient (Wildman–Crippen LogP) is 0.943. The van der Waals surface area contributed by atoms with Crippen molar-refractivity contribution in [1.82, 2.24) is 4.31 Å². The van der Waals surface area contributed by atoms with Gasteiger partial charge in [0.25, 0.3) is 0 Å². The van der Waals surface area contributed by atoms with Crippen molar-refractivity contribution in [2.75, 3.05) is 26.8 Å². The zero-order valence-electron chi connectivity index (χ0n) is 11.6. The zero-order valence-corrected chi connectivity index (χ0v) is 12.4. The van der Waals surface area contributed by atoms with Crippen LogP contribution in [-0.4, -0.2) is 50.6 Å². The lowest BCUT2D eigenvalue weighted by molar-refractivity contribution is -0.137. The van der Waals surface area contributed by atoms with Crippen molar-refractivity contribution in [3.63, 3.8) is 0 Å². The van der Waals surface area contributed by atoms with Crippen LogP contribution in [0, 0.1) is 0 Å². The van der Waals surface area contributed by atoms with E-state index in [-0.39, 0.29) is 17.9 Å². The number of aliphatic carboxylic acids is 1. The number of benzene rings is 1. The van der Waals surface area contributed by atoms with E-state index in [0.29, 0.717) is 24.7 Å². The molecule has 2 rings (SSSR count). The van der Waals surface area contributed by atoms with E-state index in [9.17, 15) is 13.2 Å². The maximum Gasteiger partial charge on any atom is 0.304 e. The van der Waals surface area contributed by atoms with Crippen LogP contribution in [0.2, 0.25) is 0 Å². The molecule has 0 aliphatic carbocycles. The molecule has 0 radical (unpaired) electrons. The zero-order chi connectivity index (χ0) is 15.5. The first-order chi connectivity index (χ1) is 9.91. The average molecular weight is 315 g/mol. The monoisotopic (exact) mass is 315 g/mol. The van der Waals surface area contributed by atoms with Gasteiger partial charge in [-0.1, -0.05) is 0 Å². The fourth-order valence-electron chi connectivity index (χ4n) is 1.86. The van der Waals surface area contributed by atoms with Gasteiger partial charge < -0.3 is 14.6 Å². The Morgan fingerprint density at radius 3 is 2.62 bits per heavy atom. The lowest BCUT2D eigenvalue weighted by Crippen LogP contribution is -2.29. The summed E-state index contributed by atoms with van der Waals surface area (Å²) in [6.45, 7) is 0.898. The largest absolute Gasteiger partial charge is 0.490 e. The minimum atomic E-state index is -3.75. The predicted molar refractivity (Wildman–Crippen MR) is 74.1 cm³/mol. The molecule has 0 saturated heterocycles. The van der Waals surface area contributed by atoms with Gasteiger partial charge in [0.1, 0.15) is 0 Å². The molecule has 0 bridgehead atoms. The number of rotatable bonds is 5. The molecule has 7 nitrogen and oxygen atoms in total. The van der Waals surface area contributed by atoms with Gasteiger partial charge in [0.05, 0.1) is 24.5 Å². The summed E-state index contributed by atoms with van der Waals surface area (Å²) in [5.41, 5.74) is 0. The van der Waals surface area contributed by atoms with Crippen LogP contribution in [0.3, 0.4) is 0 Å². The van der Waals surface area contributed by atoms with Gasteiger partial charge in [0, 0.05) is 26.1 Å². The highest BCUT2D eigenvalue weighted by atomic mass is 32.2. The fourth-order valence-corrected chi connectivity index (χ4v) is 3.04. The number of nitrogens with zero attached hydrogens (tertiary/aromatic N) is 1. The second kappa shape index (κ2) is 6.31. The van der Waals surface area contributed by atoms with Crippen molar-refractivity contribution >= 4 is 16.0 Å². The molecule has 1 aliphatic heterocycles. The Balaban J connectivity index is 2.24. The highest BCUT2D eigenvalue weighted by Crippen LogP contribution is 2.32. The smallest absolute Gasteiger partial charge is 0.304 e. The van der Waals surface area contributed by atoms with Gasteiger partial charge in [0.2, 0.25) is 10.0 Å². The Hall–Kier alpha value is -1.80. The SMILES string of the molecule is CN(CCC(=O)O)S(=O)(=O)c1ccc2c(c1)OCCCO2. The Labute approximate surface area is 123 Å². The summed E-state index contributed by atoms with van der Waals surface area (Å²) in [5, 5.41) is 8.63. The van der Waals surface area contributed by atoms with Gasteiger partial charge >= 0.3 is 5.97 Å². The fraction of sp³-hybridized carbons (Fsp3) is 0.462. The van der Waals surface area contributed by atoms with E-state index in [2.05, 4.69) is 0 Å². The van der Waals surface area contributed by atoms with E-state index >= 15 is 0 Å². The number of sulfonamides is 1. The van der Waals surface area contributed by atoms with E-state index in [1.807, 2.05) is 0 Å². The Bertz CT molecular complexity index is 628. The van der Waals surface area contributed by atoms with Gasteiger partial charge in [-0.3, -0.25) is 4.79 Å². The molecule has 1 aliphatic rings. The summed E-state index contributed by atoms with van der Waals surface area (Å²) in [7, 11) is -2.40. The number of carboxylic acids is 1. The third kappa shape index (κ3) is 3.64. The highest BCUT2D eigenvalue weighted by molar-refractivity contribution is 7.89. The first kappa shape index (κ1) is 15.6. The van der Waals surface area contributed by atoms with E-state index in [4.69, 9.17) is 14.6 Å². The number of hydrogen-bond donors (Lipinski definition) is 1. The third-order valence-electron chi connectivity index (χ3n) is 3.07. The standard InChI is InChI=1S/C13H17NO6S/c1-14(6-5-13(15)16)21(17,18)10-3-4-11-12(9-10)20-8-2-7-19-11/h3-4,9H,2,5-8H2,1H3,(H,15,16). The van der Waals surface area contributed by atoms with Crippen LogP contribution in [0.25, 0.3) is 0 Å². The van der Waals surface area contributed by atoms with Crippen molar-refractivity contribution in [2.24, 2.45) is 0 Å². The van der Waals surface area contributed by atoms with Crippen LogP contribution in [0.15, 0.2) is 23.1 Å². The minimum absolute atomic E-state index is 0.0552. The number of carboxylic acid groups (broad SMARTS) is 1. The molecule has 1 aromatic rings. The normalized spacial score (nSPS) is 14.8. The summed E-state index contributed by atoms with van der Waals surface area (Å²) < 4.78 is 36.6. The van der Waals surface area contributed by atoms with Crippen molar-refractivity contribution in [2.45, 2.75) is 17.7 Å². The molecule has 1 N–H and O–H groups in total. The van der Waals surface area contributed by atoms with E-state index < -0.39 is 16.0 Å². The van der Waals surface area contributed by atoms with Gasteiger partial charge in [-0.15, -0.1) is 0 Å². The molecule has 1 heterocycles. The van der Waals surface area contributed by atoms with Gasteiger partial charge in [-0.05, 0) is 12.1 Å². The first-order valence-electron chi connectivity index (χ1n) is 6.49. The van der Waals surface area contributed by atoms with Crippen molar-refractivity contribution < 1.29 is 27.8 Å². The number of carbonyl (C=O) groups is 1. The third-order valence-corrected chi connectivity index (χ3v) is 4.92. The van der Waals surface area contributed by atoms with E-state index in [0.717, 1.165) is 10.7 Å². The maximum atomic E-state index is 12.4. The Morgan fingerprint density at radius 2 is 1.95 bits per heavy atom. The first-order valence-corrected chi connectivity index (χ1v) is 7.93. The van der Waals surface area contributed by atoms with Crippen LogP contribution in [0.5, 0.6) is 11.5 Å². The Morgan fingerprint density at radius 1 is 1.29 bits per heavy atom. The maximum absolute atomic E-state index is 12.4. The lowest BCUT2D eigenvalue weighted by atomic mass is 10.3. The summed E-state index contributed by atoms with van der Waals surface area (Å²) in [6.07, 6.45) is 0.482. The molecule has 1 aromatic carbocycles. The molecule has 0 spiro atoms. The minimum Gasteiger partial charge on any atom is -0.490 e. The molecular formula is C13H17NO6S. The molecule has 0 saturated carbocycles. The second-order valence-electron chi connectivity index (χ2n) is 4.63. The number of ether oxygens (including phenoxy) is 2. The highest BCUT2D eigenvalue weighted by Gasteiger charge is 2.23. The summed E-state index contributed by atoms with van der Waals surface area (Å²) in [6, 6.07) is 4.39. The number of hydrogen-bond acceptors (Lipinski definition) is 5. The van der Waals surface area contributed by atoms with Crippen molar-refractivity contribution in [1.29, 1.82) is 0 Å². The molecule has 0 atom stereocenters. The summed E-state index contributed by atoms with van der Waals surface area (Å²) in [5.74, 6) is -0.143. The van der Waals surface area contributed by atoms with Crippen LogP contribution < -0.4 is 9.47 Å². The molecule has 0 unspecified atom stereocenters. The van der Waals surface area contributed by atoms with Crippen molar-refractivity contribution in [3.05, 3.63) is 18.2 Å².